The van der Waals surface area contributed by atoms with Crippen molar-refractivity contribution in [2.75, 3.05) is 19.8 Å². The summed E-state index contributed by atoms with van der Waals surface area (Å²) in [5, 5.41) is 9.90. The minimum atomic E-state index is -0.439. The third-order valence-corrected chi connectivity index (χ3v) is 3.16. The van der Waals surface area contributed by atoms with Crippen LogP contribution < -0.4 is 4.74 Å². The van der Waals surface area contributed by atoms with Crippen LogP contribution in [0.15, 0.2) is 24.3 Å². The number of para-hydroxylation sites is 1. The lowest BCUT2D eigenvalue weighted by atomic mass is 10.1. The van der Waals surface area contributed by atoms with E-state index in [1.807, 2.05) is 31.2 Å². The Morgan fingerprint density at radius 2 is 2.29 bits per heavy atom. The molecule has 1 saturated heterocycles. The van der Waals surface area contributed by atoms with Crippen LogP contribution in [0.5, 0.6) is 5.75 Å². The maximum Gasteiger partial charge on any atom is 0.125 e. The van der Waals surface area contributed by atoms with E-state index in [-0.39, 0.29) is 0 Å². The van der Waals surface area contributed by atoms with Crippen molar-refractivity contribution in [3.63, 3.8) is 0 Å². The molecule has 0 spiro atoms. The maximum absolute atomic E-state index is 9.90. The first-order valence-electron chi connectivity index (χ1n) is 6.28. The number of benzene rings is 1. The summed E-state index contributed by atoms with van der Waals surface area (Å²) in [5.41, 5.74) is 0.883. The first-order valence-corrected chi connectivity index (χ1v) is 6.28. The Balaban J connectivity index is 1.98. The predicted molar refractivity (Wildman–Crippen MR) is 66.1 cm³/mol. The van der Waals surface area contributed by atoms with Crippen LogP contribution in [0, 0.1) is 5.92 Å². The predicted octanol–water partition coefficient (Wildman–Crippen LogP) is 2.55. The van der Waals surface area contributed by atoms with Crippen molar-refractivity contribution >= 4 is 0 Å². The van der Waals surface area contributed by atoms with Gasteiger partial charge in [0.1, 0.15) is 5.75 Å². The van der Waals surface area contributed by atoms with Gasteiger partial charge in [-0.1, -0.05) is 25.1 Å². The van der Waals surface area contributed by atoms with Crippen LogP contribution in [-0.2, 0) is 4.74 Å². The van der Waals surface area contributed by atoms with Crippen LogP contribution in [-0.4, -0.2) is 24.9 Å². The zero-order valence-electron chi connectivity index (χ0n) is 10.3. The average molecular weight is 236 g/mol. The van der Waals surface area contributed by atoms with E-state index in [9.17, 15) is 5.11 Å². The van der Waals surface area contributed by atoms with Crippen LogP contribution in [0.2, 0.25) is 0 Å². The van der Waals surface area contributed by atoms with Gasteiger partial charge in [-0.2, -0.15) is 0 Å². The summed E-state index contributed by atoms with van der Waals surface area (Å²) < 4.78 is 11.1. The molecule has 0 radical (unpaired) electrons. The highest BCUT2D eigenvalue weighted by Crippen LogP contribution is 2.27. The molecule has 0 saturated carbocycles. The second-order valence-corrected chi connectivity index (χ2v) is 4.50. The van der Waals surface area contributed by atoms with E-state index in [1.54, 1.807) is 0 Å². The van der Waals surface area contributed by atoms with Crippen molar-refractivity contribution in [3.8, 4) is 5.75 Å². The van der Waals surface area contributed by atoms with Gasteiger partial charge >= 0.3 is 0 Å². The fraction of sp³-hybridized carbons (Fsp3) is 0.571. The SMILES string of the molecule is CC[C@H](O)c1ccccc1OCC1CCOC1. The van der Waals surface area contributed by atoms with Crippen molar-refractivity contribution in [2.24, 2.45) is 5.92 Å². The Morgan fingerprint density at radius 1 is 1.47 bits per heavy atom. The molecule has 0 amide bonds. The van der Waals surface area contributed by atoms with Gasteiger partial charge in [0.15, 0.2) is 0 Å². The third-order valence-electron chi connectivity index (χ3n) is 3.16. The molecule has 0 aliphatic carbocycles. The molecule has 3 nitrogen and oxygen atoms in total. The van der Waals surface area contributed by atoms with E-state index in [0.717, 1.165) is 30.9 Å². The summed E-state index contributed by atoms with van der Waals surface area (Å²) in [5.74, 6) is 1.29. The number of hydrogen-bond acceptors (Lipinski definition) is 3. The van der Waals surface area contributed by atoms with Crippen molar-refractivity contribution in [3.05, 3.63) is 29.8 Å². The molecule has 1 unspecified atom stereocenters. The molecule has 1 aromatic rings. The van der Waals surface area contributed by atoms with Gasteiger partial charge in [-0.15, -0.1) is 0 Å². The number of rotatable bonds is 5. The van der Waals surface area contributed by atoms with Crippen LogP contribution in [0.4, 0.5) is 0 Å². The molecule has 2 rings (SSSR count). The third kappa shape index (κ3) is 3.20. The summed E-state index contributed by atoms with van der Waals surface area (Å²) in [4.78, 5) is 0. The molecule has 1 aliphatic rings. The van der Waals surface area contributed by atoms with Gasteiger partial charge < -0.3 is 14.6 Å². The lowest BCUT2D eigenvalue weighted by molar-refractivity contribution is 0.155. The smallest absolute Gasteiger partial charge is 0.125 e. The van der Waals surface area contributed by atoms with E-state index >= 15 is 0 Å². The molecular weight excluding hydrogens is 216 g/mol. The summed E-state index contributed by atoms with van der Waals surface area (Å²) >= 11 is 0. The number of hydrogen-bond donors (Lipinski definition) is 1. The van der Waals surface area contributed by atoms with Gasteiger partial charge in [-0.05, 0) is 18.9 Å². The largest absolute Gasteiger partial charge is 0.493 e. The zero-order valence-corrected chi connectivity index (χ0v) is 10.3. The van der Waals surface area contributed by atoms with Crippen molar-refractivity contribution < 1.29 is 14.6 Å². The summed E-state index contributed by atoms with van der Waals surface area (Å²) in [6.07, 6.45) is 1.33. The highest BCUT2D eigenvalue weighted by atomic mass is 16.5. The lowest BCUT2D eigenvalue weighted by Gasteiger charge is -2.16. The Morgan fingerprint density at radius 3 is 3.00 bits per heavy atom. The molecule has 94 valence electrons. The van der Waals surface area contributed by atoms with E-state index in [2.05, 4.69) is 0 Å². The minimum absolute atomic E-state index is 0.439. The normalized spacial score (nSPS) is 21.4. The Bertz CT molecular complexity index is 345. The standard InChI is InChI=1S/C14H20O3/c1-2-13(15)12-5-3-4-6-14(12)17-10-11-7-8-16-9-11/h3-6,11,13,15H,2,7-10H2,1H3/t11?,13-/m0/s1. The van der Waals surface area contributed by atoms with Crippen molar-refractivity contribution in [2.45, 2.75) is 25.9 Å². The molecule has 1 heterocycles. The van der Waals surface area contributed by atoms with Crippen LogP contribution >= 0.6 is 0 Å². The molecule has 3 heteroatoms. The topological polar surface area (TPSA) is 38.7 Å². The Kier molecular flexibility index (Phi) is 4.40. The van der Waals surface area contributed by atoms with Gasteiger partial charge in [-0.25, -0.2) is 0 Å². The second-order valence-electron chi connectivity index (χ2n) is 4.50. The highest BCUT2D eigenvalue weighted by Gasteiger charge is 2.17. The maximum atomic E-state index is 9.90. The molecule has 0 bridgehead atoms. The molecule has 2 atom stereocenters. The summed E-state index contributed by atoms with van der Waals surface area (Å²) in [6, 6.07) is 7.71. The second kappa shape index (κ2) is 6.03. The quantitative estimate of drug-likeness (QED) is 0.854. The van der Waals surface area contributed by atoms with Gasteiger partial charge in [0.25, 0.3) is 0 Å². The van der Waals surface area contributed by atoms with Gasteiger partial charge in [0, 0.05) is 18.1 Å². The molecule has 1 fully saturated rings. The fourth-order valence-electron chi connectivity index (χ4n) is 2.03. The zero-order chi connectivity index (χ0) is 12.1. The first-order chi connectivity index (χ1) is 8.31. The minimum Gasteiger partial charge on any atom is -0.493 e. The molecule has 1 N–H and O–H groups in total. The summed E-state index contributed by atoms with van der Waals surface area (Å²) in [6.45, 7) is 4.27. The van der Waals surface area contributed by atoms with Crippen LogP contribution in [0.1, 0.15) is 31.4 Å². The molecule has 17 heavy (non-hydrogen) atoms. The van der Waals surface area contributed by atoms with Crippen LogP contribution in [0.25, 0.3) is 0 Å². The van der Waals surface area contributed by atoms with Gasteiger partial charge in [0.05, 0.1) is 19.3 Å². The molecular formula is C14H20O3. The Labute approximate surface area is 102 Å². The fourth-order valence-corrected chi connectivity index (χ4v) is 2.03. The van der Waals surface area contributed by atoms with E-state index in [4.69, 9.17) is 9.47 Å². The number of ether oxygens (including phenoxy) is 2. The molecule has 1 aromatic carbocycles. The van der Waals surface area contributed by atoms with E-state index < -0.39 is 6.10 Å². The summed E-state index contributed by atoms with van der Waals surface area (Å²) in [7, 11) is 0. The number of aliphatic hydroxyl groups is 1. The molecule has 1 aliphatic heterocycles. The highest BCUT2D eigenvalue weighted by molar-refractivity contribution is 5.35. The number of aliphatic hydroxyl groups excluding tert-OH is 1. The molecule has 0 aromatic heterocycles. The van der Waals surface area contributed by atoms with Gasteiger partial charge in [0.2, 0.25) is 0 Å². The van der Waals surface area contributed by atoms with E-state index in [1.165, 1.54) is 0 Å². The van der Waals surface area contributed by atoms with E-state index in [0.29, 0.717) is 18.9 Å². The Hall–Kier alpha value is -1.06. The van der Waals surface area contributed by atoms with Crippen molar-refractivity contribution in [1.29, 1.82) is 0 Å². The van der Waals surface area contributed by atoms with Crippen LogP contribution in [0.3, 0.4) is 0 Å². The van der Waals surface area contributed by atoms with Gasteiger partial charge in [-0.3, -0.25) is 0 Å². The first kappa shape index (κ1) is 12.4. The van der Waals surface area contributed by atoms with Crippen molar-refractivity contribution in [1.82, 2.24) is 0 Å². The monoisotopic (exact) mass is 236 g/mol. The average Bonchev–Trinajstić information content (AvgIpc) is 2.89. The lowest BCUT2D eigenvalue weighted by Crippen LogP contribution is -2.13.